The van der Waals surface area contributed by atoms with Gasteiger partial charge in [0.2, 0.25) is 10.0 Å². The van der Waals surface area contributed by atoms with Crippen LogP contribution in [0, 0.1) is 6.92 Å². The van der Waals surface area contributed by atoms with Crippen LogP contribution in [0.1, 0.15) is 25.3 Å². The van der Waals surface area contributed by atoms with Crippen LogP contribution < -0.4 is 10.0 Å². The zero-order chi connectivity index (χ0) is 16.9. The molecule has 0 aliphatic rings. The third kappa shape index (κ3) is 5.51. The second-order valence-electron chi connectivity index (χ2n) is 5.30. The first kappa shape index (κ1) is 17.7. The van der Waals surface area contributed by atoms with Crippen molar-refractivity contribution in [1.82, 2.24) is 4.98 Å². The molecule has 1 aromatic carbocycles. The molecule has 0 aliphatic carbocycles. The zero-order valence-electron chi connectivity index (χ0n) is 13.1. The van der Waals surface area contributed by atoms with Gasteiger partial charge in [-0.15, -0.1) is 0 Å². The number of unbranched alkanes of at least 4 members (excludes halogenated alkanes) is 1. The molecule has 0 radical (unpaired) electrons. The van der Waals surface area contributed by atoms with Gasteiger partial charge in [-0.1, -0.05) is 35.3 Å². The second-order valence-corrected chi connectivity index (χ2v) is 7.99. The highest BCUT2D eigenvalue weighted by atomic mass is 79.9. The standard InChI is InChI=1S/C16H20BrN3O2S/c1-3-4-9-23(21,22)20-16-8-7-14(11-18-16)19-13-6-5-12(2)15(17)10-13/h5-8,10-11,19H,3-4,9H2,1-2H3,(H,18,20). The average molecular weight is 398 g/mol. The third-order valence-electron chi connectivity index (χ3n) is 3.25. The van der Waals surface area contributed by atoms with Crippen molar-refractivity contribution in [2.24, 2.45) is 0 Å². The summed E-state index contributed by atoms with van der Waals surface area (Å²) in [5, 5.41) is 3.23. The van der Waals surface area contributed by atoms with E-state index >= 15 is 0 Å². The largest absolute Gasteiger partial charge is 0.354 e. The number of rotatable bonds is 7. The Morgan fingerprint density at radius 1 is 1.17 bits per heavy atom. The van der Waals surface area contributed by atoms with E-state index in [-0.39, 0.29) is 5.75 Å². The van der Waals surface area contributed by atoms with Crippen LogP contribution in [0.25, 0.3) is 0 Å². The molecule has 0 amide bonds. The number of benzene rings is 1. The quantitative estimate of drug-likeness (QED) is 0.724. The van der Waals surface area contributed by atoms with E-state index in [0.29, 0.717) is 12.2 Å². The second kappa shape index (κ2) is 7.79. The molecular formula is C16H20BrN3O2S. The Bertz CT molecular complexity index is 761. The van der Waals surface area contributed by atoms with Crippen LogP contribution in [0.2, 0.25) is 0 Å². The molecule has 0 saturated carbocycles. The lowest BCUT2D eigenvalue weighted by Crippen LogP contribution is -2.17. The van der Waals surface area contributed by atoms with Crippen molar-refractivity contribution in [3.05, 3.63) is 46.6 Å². The summed E-state index contributed by atoms with van der Waals surface area (Å²) in [7, 11) is -3.32. The SMILES string of the molecule is CCCCS(=O)(=O)Nc1ccc(Nc2ccc(C)c(Br)c2)cn1. The van der Waals surface area contributed by atoms with Crippen molar-refractivity contribution >= 4 is 43.1 Å². The molecule has 2 aromatic rings. The van der Waals surface area contributed by atoms with E-state index in [1.54, 1.807) is 18.3 Å². The fourth-order valence-electron chi connectivity index (χ4n) is 1.91. The van der Waals surface area contributed by atoms with Crippen LogP contribution in [-0.2, 0) is 10.0 Å². The number of aromatic nitrogens is 1. The van der Waals surface area contributed by atoms with E-state index < -0.39 is 10.0 Å². The summed E-state index contributed by atoms with van der Waals surface area (Å²) in [5.74, 6) is 0.444. The minimum absolute atomic E-state index is 0.114. The van der Waals surface area contributed by atoms with E-state index in [9.17, 15) is 8.42 Å². The molecule has 0 bridgehead atoms. The molecular weight excluding hydrogens is 378 g/mol. The van der Waals surface area contributed by atoms with Gasteiger partial charge in [-0.25, -0.2) is 13.4 Å². The highest BCUT2D eigenvalue weighted by Gasteiger charge is 2.10. The van der Waals surface area contributed by atoms with Gasteiger partial charge in [0.05, 0.1) is 17.6 Å². The van der Waals surface area contributed by atoms with Gasteiger partial charge in [0.1, 0.15) is 5.82 Å². The summed E-state index contributed by atoms with van der Waals surface area (Å²) in [6, 6.07) is 9.40. The molecule has 5 nitrogen and oxygen atoms in total. The van der Waals surface area contributed by atoms with Gasteiger partial charge in [0.15, 0.2) is 0 Å². The molecule has 23 heavy (non-hydrogen) atoms. The number of pyridine rings is 1. The van der Waals surface area contributed by atoms with Crippen molar-refractivity contribution in [3.8, 4) is 0 Å². The van der Waals surface area contributed by atoms with E-state index in [0.717, 1.165) is 27.8 Å². The minimum atomic E-state index is -3.32. The third-order valence-corrected chi connectivity index (χ3v) is 5.45. The molecule has 1 heterocycles. The van der Waals surface area contributed by atoms with Crippen molar-refractivity contribution in [1.29, 1.82) is 0 Å². The van der Waals surface area contributed by atoms with Gasteiger partial charge in [-0.2, -0.15) is 0 Å². The molecule has 2 rings (SSSR count). The maximum Gasteiger partial charge on any atom is 0.233 e. The van der Waals surface area contributed by atoms with Crippen LogP contribution >= 0.6 is 15.9 Å². The van der Waals surface area contributed by atoms with Gasteiger partial charge < -0.3 is 5.32 Å². The van der Waals surface area contributed by atoms with Gasteiger partial charge in [-0.3, -0.25) is 4.72 Å². The molecule has 0 unspecified atom stereocenters. The summed E-state index contributed by atoms with van der Waals surface area (Å²) in [5.41, 5.74) is 2.88. The van der Waals surface area contributed by atoms with Crippen LogP contribution in [0.3, 0.4) is 0 Å². The van der Waals surface area contributed by atoms with Gasteiger partial charge in [0, 0.05) is 10.2 Å². The Morgan fingerprint density at radius 3 is 2.52 bits per heavy atom. The van der Waals surface area contributed by atoms with Gasteiger partial charge in [0.25, 0.3) is 0 Å². The summed E-state index contributed by atoms with van der Waals surface area (Å²) < 4.78 is 27.2. The van der Waals surface area contributed by atoms with E-state index in [2.05, 4.69) is 31.0 Å². The Labute approximate surface area is 145 Å². The fraction of sp³-hybridized carbons (Fsp3) is 0.312. The normalized spacial score (nSPS) is 11.3. The number of hydrogen-bond donors (Lipinski definition) is 2. The number of halogens is 1. The maximum atomic E-state index is 11.8. The van der Waals surface area contributed by atoms with Crippen LogP contribution in [0.4, 0.5) is 17.2 Å². The lowest BCUT2D eigenvalue weighted by atomic mass is 10.2. The monoisotopic (exact) mass is 397 g/mol. The summed E-state index contributed by atoms with van der Waals surface area (Å²) in [4.78, 5) is 4.14. The van der Waals surface area contributed by atoms with Crippen LogP contribution in [0.15, 0.2) is 41.0 Å². The van der Waals surface area contributed by atoms with Crippen molar-refractivity contribution in [2.45, 2.75) is 26.7 Å². The van der Waals surface area contributed by atoms with E-state index in [1.165, 1.54) is 0 Å². The van der Waals surface area contributed by atoms with Crippen LogP contribution in [-0.4, -0.2) is 19.2 Å². The number of sulfonamides is 1. The molecule has 0 saturated heterocycles. The lowest BCUT2D eigenvalue weighted by molar-refractivity contribution is 0.597. The Hall–Kier alpha value is -1.60. The number of anilines is 3. The fourth-order valence-corrected chi connectivity index (χ4v) is 3.50. The number of nitrogens with zero attached hydrogens (tertiary/aromatic N) is 1. The predicted octanol–water partition coefficient (Wildman–Crippen LogP) is 4.44. The first-order valence-corrected chi connectivity index (χ1v) is 9.84. The van der Waals surface area contributed by atoms with Gasteiger partial charge in [-0.05, 0) is 43.2 Å². The minimum Gasteiger partial charge on any atom is -0.354 e. The summed E-state index contributed by atoms with van der Waals surface area (Å²) in [6.07, 6.45) is 3.08. The average Bonchev–Trinajstić information content (AvgIpc) is 2.51. The van der Waals surface area contributed by atoms with Gasteiger partial charge >= 0.3 is 0 Å². The summed E-state index contributed by atoms with van der Waals surface area (Å²) in [6.45, 7) is 3.98. The smallest absolute Gasteiger partial charge is 0.233 e. The van der Waals surface area contributed by atoms with Crippen molar-refractivity contribution < 1.29 is 8.42 Å². The molecule has 0 aliphatic heterocycles. The zero-order valence-corrected chi connectivity index (χ0v) is 15.5. The van der Waals surface area contributed by atoms with E-state index in [4.69, 9.17) is 0 Å². The number of nitrogens with one attached hydrogen (secondary N) is 2. The number of hydrogen-bond acceptors (Lipinski definition) is 4. The predicted molar refractivity (Wildman–Crippen MR) is 98.7 cm³/mol. The lowest BCUT2D eigenvalue weighted by Gasteiger charge is -2.10. The molecule has 124 valence electrons. The highest BCUT2D eigenvalue weighted by Crippen LogP contribution is 2.23. The molecule has 1 aromatic heterocycles. The Morgan fingerprint density at radius 2 is 1.91 bits per heavy atom. The van der Waals surface area contributed by atoms with Crippen molar-refractivity contribution in [2.75, 3.05) is 15.8 Å². The molecule has 0 fully saturated rings. The Kier molecular flexibility index (Phi) is 6.01. The maximum absolute atomic E-state index is 11.8. The van der Waals surface area contributed by atoms with E-state index in [1.807, 2.05) is 32.0 Å². The summed E-state index contributed by atoms with van der Waals surface area (Å²) >= 11 is 3.49. The molecule has 7 heteroatoms. The highest BCUT2D eigenvalue weighted by molar-refractivity contribution is 9.10. The first-order chi connectivity index (χ1) is 10.9. The van der Waals surface area contributed by atoms with Crippen molar-refractivity contribution in [3.63, 3.8) is 0 Å². The first-order valence-electron chi connectivity index (χ1n) is 7.39. The molecule has 0 atom stereocenters. The topological polar surface area (TPSA) is 71.1 Å². The molecule has 2 N–H and O–H groups in total. The number of aryl methyl sites for hydroxylation is 1. The Balaban J connectivity index is 2.03. The molecule has 0 spiro atoms. The van der Waals surface area contributed by atoms with Crippen LogP contribution in [0.5, 0.6) is 0 Å².